The zero-order valence-electron chi connectivity index (χ0n) is 14.2. The predicted octanol–water partition coefficient (Wildman–Crippen LogP) is 3.02. The van der Waals surface area contributed by atoms with E-state index in [1.54, 1.807) is 18.6 Å². The molecule has 0 radical (unpaired) electrons. The Morgan fingerprint density at radius 1 is 1.08 bits per heavy atom. The lowest BCUT2D eigenvalue weighted by Gasteiger charge is -2.35. The second kappa shape index (κ2) is 7.38. The molecule has 1 aliphatic carbocycles. The van der Waals surface area contributed by atoms with Gasteiger partial charge in [-0.1, -0.05) is 19.3 Å². The monoisotopic (exact) mass is 326 g/mol. The molecule has 1 unspecified atom stereocenters. The van der Waals surface area contributed by atoms with E-state index in [4.69, 9.17) is 0 Å². The van der Waals surface area contributed by atoms with E-state index in [0.29, 0.717) is 11.7 Å². The molecule has 0 spiro atoms. The highest BCUT2D eigenvalue weighted by Crippen LogP contribution is 2.29. The summed E-state index contributed by atoms with van der Waals surface area (Å²) >= 11 is 0. The van der Waals surface area contributed by atoms with Gasteiger partial charge >= 0.3 is 0 Å². The minimum atomic E-state index is 0.459. The molecule has 1 aliphatic heterocycles. The molecular weight excluding hydrogens is 300 g/mol. The maximum absolute atomic E-state index is 4.69. The number of aromatic nitrogens is 5. The zero-order valence-corrected chi connectivity index (χ0v) is 14.2. The van der Waals surface area contributed by atoms with Crippen molar-refractivity contribution in [2.75, 3.05) is 19.6 Å². The van der Waals surface area contributed by atoms with Crippen molar-refractivity contribution in [3.8, 4) is 11.5 Å². The Balaban J connectivity index is 1.40. The number of H-pyrrole nitrogens is 1. The molecule has 2 aromatic heterocycles. The summed E-state index contributed by atoms with van der Waals surface area (Å²) in [6, 6.07) is 0. The van der Waals surface area contributed by atoms with E-state index in [-0.39, 0.29) is 0 Å². The van der Waals surface area contributed by atoms with Gasteiger partial charge in [0, 0.05) is 31.4 Å². The molecule has 0 aromatic carbocycles. The van der Waals surface area contributed by atoms with E-state index >= 15 is 0 Å². The number of hydrogen-bond donors (Lipinski definition) is 1. The molecule has 0 bridgehead atoms. The van der Waals surface area contributed by atoms with Crippen LogP contribution >= 0.6 is 0 Å². The number of piperidine rings is 1. The fourth-order valence-electron chi connectivity index (χ4n) is 4.17. The van der Waals surface area contributed by atoms with Crippen LogP contribution in [-0.2, 0) is 0 Å². The molecule has 1 atom stereocenters. The molecule has 128 valence electrons. The third-order valence-electron chi connectivity index (χ3n) is 5.43. The number of hydrogen-bond acceptors (Lipinski definition) is 5. The normalized spacial score (nSPS) is 23.4. The van der Waals surface area contributed by atoms with Crippen molar-refractivity contribution in [3.05, 3.63) is 24.4 Å². The molecule has 1 saturated carbocycles. The molecule has 4 rings (SSSR count). The molecule has 6 nitrogen and oxygen atoms in total. The molecule has 2 aliphatic rings. The Morgan fingerprint density at radius 2 is 2.00 bits per heavy atom. The summed E-state index contributed by atoms with van der Waals surface area (Å²) in [4.78, 5) is 15.7. The summed E-state index contributed by atoms with van der Waals surface area (Å²) in [7, 11) is 0. The van der Waals surface area contributed by atoms with Crippen LogP contribution in [0.25, 0.3) is 11.5 Å². The third kappa shape index (κ3) is 3.64. The van der Waals surface area contributed by atoms with Gasteiger partial charge in [-0.3, -0.25) is 10.1 Å². The molecule has 1 N–H and O–H groups in total. The Hall–Kier alpha value is -1.82. The first-order valence-corrected chi connectivity index (χ1v) is 9.29. The standard InChI is InChI=1S/C18H26N6/c1-2-5-14(6-3-1)12-24-10-4-7-15(13-24)17-21-18(23-22-17)16-11-19-8-9-20-16/h8-9,11,14-15H,1-7,10,12-13H2,(H,21,22,23). The van der Waals surface area contributed by atoms with Gasteiger partial charge in [0.15, 0.2) is 0 Å². The Bertz CT molecular complexity index is 634. The van der Waals surface area contributed by atoms with Gasteiger partial charge in [0.1, 0.15) is 11.5 Å². The van der Waals surface area contributed by atoms with Crippen LogP contribution in [0.4, 0.5) is 0 Å². The van der Waals surface area contributed by atoms with Crippen LogP contribution in [0, 0.1) is 5.92 Å². The molecule has 3 heterocycles. The maximum Gasteiger partial charge on any atom is 0.201 e. The van der Waals surface area contributed by atoms with Crippen molar-refractivity contribution in [3.63, 3.8) is 0 Å². The van der Waals surface area contributed by atoms with Crippen LogP contribution < -0.4 is 0 Å². The third-order valence-corrected chi connectivity index (χ3v) is 5.43. The lowest BCUT2D eigenvalue weighted by molar-refractivity contribution is 0.158. The van der Waals surface area contributed by atoms with E-state index < -0.39 is 0 Å². The van der Waals surface area contributed by atoms with Crippen LogP contribution in [0.2, 0.25) is 0 Å². The van der Waals surface area contributed by atoms with Crippen LogP contribution in [0.1, 0.15) is 56.7 Å². The molecule has 2 aromatic rings. The van der Waals surface area contributed by atoms with Gasteiger partial charge in [0.2, 0.25) is 5.82 Å². The summed E-state index contributed by atoms with van der Waals surface area (Å²) in [6.07, 6.45) is 14.6. The maximum atomic E-state index is 4.69. The minimum Gasteiger partial charge on any atom is -0.302 e. The van der Waals surface area contributed by atoms with Gasteiger partial charge in [-0.25, -0.2) is 9.97 Å². The lowest BCUT2D eigenvalue weighted by Crippen LogP contribution is -2.38. The highest BCUT2D eigenvalue weighted by atomic mass is 15.2. The summed E-state index contributed by atoms with van der Waals surface area (Å²) in [6.45, 7) is 3.60. The molecule has 24 heavy (non-hydrogen) atoms. The molecular formula is C18H26N6. The number of aromatic amines is 1. The summed E-state index contributed by atoms with van der Waals surface area (Å²) < 4.78 is 0. The van der Waals surface area contributed by atoms with Crippen molar-refractivity contribution in [2.45, 2.75) is 50.9 Å². The largest absolute Gasteiger partial charge is 0.302 e. The average Bonchev–Trinajstić information content (AvgIpc) is 3.14. The van der Waals surface area contributed by atoms with Crippen molar-refractivity contribution < 1.29 is 0 Å². The molecule has 2 fully saturated rings. The first-order valence-electron chi connectivity index (χ1n) is 9.29. The van der Waals surface area contributed by atoms with E-state index in [0.717, 1.165) is 24.0 Å². The first kappa shape index (κ1) is 15.7. The van der Waals surface area contributed by atoms with Crippen LogP contribution in [-0.4, -0.2) is 49.7 Å². The van der Waals surface area contributed by atoms with Crippen molar-refractivity contribution >= 4 is 0 Å². The number of rotatable bonds is 4. The number of nitrogens with one attached hydrogen (secondary N) is 1. The summed E-state index contributed by atoms with van der Waals surface area (Å²) in [5.41, 5.74) is 0.731. The quantitative estimate of drug-likeness (QED) is 0.935. The van der Waals surface area contributed by atoms with Gasteiger partial charge < -0.3 is 4.90 Å². The molecule has 6 heteroatoms. The van der Waals surface area contributed by atoms with E-state index in [1.165, 1.54) is 58.0 Å². The Kier molecular flexibility index (Phi) is 4.83. The smallest absolute Gasteiger partial charge is 0.201 e. The van der Waals surface area contributed by atoms with E-state index in [9.17, 15) is 0 Å². The first-order chi connectivity index (χ1) is 11.9. The Morgan fingerprint density at radius 3 is 2.83 bits per heavy atom. The van der Waals surface area contributed by atoms with Gasteiger partial charge in [0.25, 0.3) is 0 Å². The molecule has 1 saturated heterocycles. The van der Waals surface area contributed by atoms with E-state index in [1.807, 2.05) is 0 Å². The highest BCUT2D eigenvalue weighted by Gasteiger charge is 2.26. The number of nitrogens with zero attached hydrogens (tertiary/aromatic N) is 5. The SMILES string of the molecule is c1cnc(-c2n[nH]c(C3CCCN(CC4CCCCC4)C3)n2)cn1. The zero-order chi connectivity index (χ0) is 16.2. The van der Waals surface area contributed by atoms with Crippen molar-refractivity contribution in [1.29, 1.82) is 0 Å². The van der Waals surface area contributed by atoms with Gasteiger partial charge in [-0.15, -0.1) is 0 Å². The van der Waals surface area contributed by atoms with E-state index in [2.05, 4.69) is 30.0 Å². The number of likely N-dealkylation sites (tertiary alicyclic amines) is 1. The Labute approximate surface area is 143 Å². The fraction of sp³-hybridized carbons (Fsp3) is 0.667. The average molecular weight is 326 g/mol. The highest BCUT2D eigenvalue weighted by molar-refractivity contribution is 5.46. The van der Waals surface area contributed by atoms with Gasteiger partial charge in [-0.05, 0) is 38.1 Å². The minimum absolute atomic E-state index is 0.459. The molecule has 0 amide bonds. The lowest BCUT2D eigenvalue weighted by atomic mass is 9.88. The van der Waals surface area contributed by atoms with Gasteiger partial charge in [-0.2, -0.15) is 5.10 Å². The van der Waals surface area contributed by atoms with Crippen LogP contribution in [0.15, 0.2) is 18.6 Å². The summed E-state index contributed by atoms with van der Waals surface area (Å²) in [5.74, 6) is 3.02. The summed E-state index contributed by atoms with van der Waals surface area (Å²) in [5, 5.41) is 7.49. The fourth-order valence-corrected chi connectivity index (χ4v) is 4.17. The second-order valence-electron chi connectivity index (χ2n) is 7.24. The second-order valence-corrected chi connectivity index (χ2v) is 7.24. The predicted molar refractivity (Wildman–Crippen MR) is 92.4 cm³/mol. The van der Waals surface area contributed by atoms with Crippen molar-refractivity contribution in [1.82, 2.24) is 30.0 Å². The topological polar surface area (TPSA) is 70.6 Å². The van der Waals surface area contributed by atoms with Crippen LogP contribution in [0.5, 0.6) is 0 Å². The van der Waals surface area contributed by atoms with Crippen molar-refractivity contribution in [2.24, 2.45) is 5.92 Å². The van der Waals surface area contributed by atoms with Gasteiger partial charge in [0.05, 0.1) is 6.20 Å². The van der Waals surface area contributed by atoms with Crippen LogP contribution in [0.3, 0.4) is 0 Å².